The van der Waals surface area contributed by atoms with Crippen LogP contribution >= 0.6 is 0 Å². The second-order valence-electron chi connectivity index (χ2n) is 3.54. The highest BCUT2D eigenvalue weighted by Crippen LogP contribution is 2.16. The minimum absolute atomic E-state index is 0.252. The number of nitrogens with zero attached hydrogens (tertiary/aromatic N) is 4. The molecule has 0 saturated carbocycles. The van der Waals surface area contributed by atoms with Crippen molar-refractivity contribution in [3.05, 3.63) is 35.7 Å². The molecule has 0 aliphatic rings. The molecule has 6 nitrogen and oxygen atoms in total. The lowest BCUT2D eigenvalue weighted by Gasteiger charge is -2.07. The summed E-state index contributed by atoms with van der Waals surface area (Å²) in [6.07, 6.45) is 2.13. The summed E-state index contributed by atoms with van der Waals surface area (Å²) in [5.74, 6) is 1.14. The maximum Gasteiger partial charge on any atom is 0.172 e. The highest BCUT2D eigenvalue weighted by molar-refractivity contribution is 5.76. The lowest BCUT2D eigenvalue weighted by atomic mass is 10.3. The first-order valence-electron chi connectivity index (χ1n) is 5.09. The lowest BCUT2D eigenvalue weighted by molar-refractivity contribution is 0.111. The van der Waals surface area contributed by atoms with E-state index in [1.807, 2.05) is 6.92 Å². The largest absolute Gasteiger partial charge is 0.483 e. The monoisotopic (exact) mass is 232 g/mol. The number of ether oxygens (including phenoxy) is 1. The molecule has 0 aromatic carbocycles. The predicted molar refractivity (Wildman–Crippen MR) is 59.7 cm³/mol. The van der Waals surface area contributed by atoms with Crippen molar-refractivity contribution < 1.29 is 9.53 Å². The number of aldehydes is 1. The van der Waals surface area contributed by atoms with Crippen molar-refractivity contribution in [3.63, 3.8) is 0 Å². The first-order chi connectivity index (χ1) is 8.20. The Balaban J connectivity index is 2.14. The molecule has 0 saturated heterocycles. The van der Waals surface area contributed by atoms with Crippen LogP contribution < -0.4 is 4.74 Å². The fraction of sp³-hybridized carbons (Fsp3) is 0.273. The summed E-state index contributed by atoms with van der Waals surface area (Å²) in [5, 5.41) is 3.93. The molecule has 0 aliphatic carbocycles. The Bertz CT molecular complexity index is 536. The SMILES string of the molecule is Cc1ccc(OCc2ncnn2C)c(C=O)n1. The van der Waals surface area contributed by atoms with Crippen LogP contribution in [0.2, 0.25) is 0 Å². The quantitative estimate of drug-likeness (QED) is 0.733. The zero-order valence-electron chi connectivity index (χ0n) is 9.62. The Labute approximate surface area is 98.3 Å². The molecule has 0 amide bonds. The number of aromatic nitrogens is 4. The standard InChI is InChI=1S/C11H12N4O2/c1-8-3-4-10(9(5-16)14-8)17-6-11-12-7-13-15(11)2/h3-5,7H,6H2,1-2H3. The molecule has 0 aliphatic heterocycles. The number of pyridine rings is 1. The van der Waals surface area contributed by atoms with E-state index in [2.05, 4.69) is 15.1 Å². The normalized spacial score (nSPS) is 10.2. The van der Waals surface area contributed by atoms with E-state index in [9.17, 15) is 4.79 Å². The Kier molecular flexibility index (Phi) is 3.13. The van der Waals surface area contributed by atoms with E-state index in [0.29, 0.717) is 23.6 Å². The molecule has 0 unspecified atom stereocenters. The van der Waals surface area contributed by atoms with Crippen LogP contribution in [0.4, 0.5) is 0 Å². The van der Waals surface area contributed by atoms with Crippen LogP contribution in [0.5, 0.6) is 5.75 Å². The molecule has 0 atom stereocenters. The molecule has 0 spiro atoms. The van der Waals surface area contributed by atoms with Gasteiger partial charge < -0.3 is 4.74 Å². The van der Waals surface area contributed by atoms with Crippen LogP contribution in [0.1, 0.15) is 22.0 Å². The van der Waals surface area contributed by atoms with E-state index in [1.54, 1.807) is 23.9 Å². The van der Waals surface area contributed by atoms with E-state index < -0.39 is 0 Å². The zero-order valence-corrected chi connectivity index (χ0v) is 9.62. The molecular weight excluding hydrogens is 220 g/mol. The third-order valence-corrected chi connectivity index (χ3v) is 2.30. The van der Waals surface area contributed by atoms with Gasteiger partial charge in [-0.1, -0.05) is 0 Å². The van der Waals surface area contributed by atoms with Gasteiger partial charge in [-0.05, 0) is 19.1 Å². The van der Waals surface area contributed by atoms with Crippen LogP contribution in [0, 0.1) is 6.92 Å². The third kappa shape index (κ3) is 2.47. The van der Waals surface area contributed by atoms with Gasteiger partial charge in [-0.15, -0.1) is 0 Å². The summed E-state index contributed by atoms with van der Waals surface area (Å²) in [6, 6.07) is 3.52. The minimum Gasteiger partial charge on any atom is -0.483 e. The molecule has 0 bridgehead atoms. The van der Waals surface area contributed by atoms with E-state index in [1.165, 1.54) is 6.33 Å². The van der Waals surface area contributed by atoms with Crippen LogP contribution in [-0.4, -0.2) is 26.0 Å². The molecular formula is C11H12N4O2. The van der Waals surface area contributed by atoms with Gasteiger partial charge in [0.2, 0.25) is 0 Å². The predicted octanol–water partition coefficient (Wildman–Crippen LogP) is 0.910. The van der Waals surface area contributed by atoms with Crippen LogP contribution in [-0.2, 0) is 13.7 Å². The smallest absolute Gasteiger partial charge is 0.172 e. The average molecular weight is 232 g/mol. The van der Waals surface area contributed by atoms with E-state index in [-0.39, 0.29) is 6.61 Å². The maximum absolute atomic E-state index is 10.8. The highest BCUT2D eigenvalue weighted by atomic mass is 16.5. The molecule has 17 heavy (non-hydrogen) atoms. The number of hydrogen-bond acceptors (Lipinski definition) is 5. The van der Waals surface area contributed by atoms with Crippen molar-refractivity contribution in [2.24, 2.45) is 7.05 Å². The summed E-state index contributed by atoms with van der Waals surface area (Å²) in [7, 11) is 1.78. The molecule has 88 valence electrons. The molecule has 0 fully saturated rings. The van der Waals surface area contributed by atoms with Crippen molar-refractivity contribution in [2.75, 3.05) is 0 Å². The second kappa shape index (κ2) is 4.73. The van der Waals surface area contributed by atoms with Crippen molar-refractivity contribution in [3.8, 4) is 5.75 Å². The molecule has 2 rings (SSSR count). The molecule has 2 aromatic heterocycles. The van der Waals surface area contributed by atoms with Crippen LogP contribution in [0.3, 0.4) is 0 Å². The summed E-state index contributed by atoms with van der Waals surface area (Å²) in [5.41, 5.74) is 1.07. The van der Waals surface area contributed by atoms with Gasteiger partial charge in [0.25, 0.3) is 0 Å². The molecule has 6 heteroatoms. The van der Waals surface area contributed by atoms with Gasteiger partial charge in [0, 0.05) is 12.7 Å². The summed E-state index contributed by atoms with van der Waals surface area (Å²) < 4.78 is 7.10. The number of rotatable bonds is 4. The fourth-order valence-electron chi connectivity index (χ4n) is 1.36. The first-order valence-corrected chi connectivity index (χ1v) is 5.09. The average Bonchev–Trinajstić information content (AvgIpc) is 2.73. The number of hydrogen-bond donors (Lipinski definition) is 0. The number of aryl methyl sites for hydroxylation is 2. The molecule has 0 N–H and O–H groups in total. The molecule has 2 aromatic rings. The number of carbonyl (C=O) groups is 1. The van der Waals surface area contributed by atoms with Gasteiger partial charge in [0.05, 0.1) is 0 Å². The minimum atomic E-state index is 0.252. The van der Waals surface area contributed by atoms with E-state index in [4.69, 9.17) is 4.74 Å². The van der Waals surface area contributed by atoms with E-state index in [0.717, 1.165) is 5.69 Å². The van der Waals surface area contributed by atoms with E-state index >= 15 is 0 Å². The van der Waals surface area contributed by atoms with Gasteiger partial charge in [0.15, 0.2) is 12.1 Å². The molecule has 2 heterocycles. The summed E-state index contributed by atoms with van der Waals surface area (Å²) in [4.78, 5) is 18.9. The topological polar surface area (TPSA) is 69.9 Å². The highest BCUT2D eigenvalue weighted by Gasteiger charge is 2.07. The Morgan fingerprint density at radius 3 is 2.94 bits per heavy atom. The number of carbonyl (C=O) groups excluding carboxylic acids is 1. The summed E-state index contributed by atoms with van der Waals surface area (Å²) in [6.45, 7) is 2.07. The lowest BCUT2D eigenvalue weighted by Crippen LogP contribution is -2.06. The second-order valence-corrected chi connectivity index (χ2v) is 3.54. The first kappa shape index (κ1) is 11.3. The van der Waals surface area contributed by atoms with Crippen molar-refractivity contribution in [2.45, 2.75) is 13.5 Å². The fourth-order valence-corrected chi connectivity index (χ4v) is 1.36. The van der Waals surface area contributed by atoms with Gasteiger partial charge in [-0.2, -0.15) is 5.10 Å². The maximum atomic E-state index is 10.8. The van der Waals surface area contributed by atoms with Crippen molar-refractivity contribution >= 4 is 6.29 Å². The Morgan fingerprint density at radius 1 is 1.47 bits per heavy atom. The van der Waals surface area contributed by atoms with Gasteiger partial charge in [0.1, 0.15) is 24.4 Å². The molecule has 0 radical (unpaired) electrons. The third-order valence-electron chi connectivity index (χ3n) is 2.30. The Hall–Kier alpha value is -2.24. The van der Waals surface area contributed by atoms with Gasteiger partial charge in [-0.3, -0.25) is 9.48 Å². The van der Waals surface area contributed by atoms with Crippen molar-refractivity contribution in [1.29, 1.82) is 0 Å². The summed E-state index contributed by atoms with van der Waals surface area (Å²) >= 11 is 0. The van der Waals surface area contributed by atoms with Crippen LogP contribution in [0.15, 0.2) is 18.5 Å². The van der Waals surface area contributed by atoms with Crippen LogP contribution in [0.25, 0.3) is 0 Å². The zero-order chi connectivity index (χ0) is 12.3. The Morgan fingerprint density at radius 2 is 2.29 bits per heavy atom. The van der Waals surface area contributed by atoms with Gasteiger partial charge in [-0.25, -0.2) is 9.97 Å². The van der Waals surface area contributed by atoms with Gasteiger partial charge >= 0.3 is 0 Å². The van der Waals surface area contributed by atoms with Crippen molar-refractivity contribution in [1.82, 2.24) is 19.7 Å².